The Labute approximate surface area is 74.9 Å². The molecule has 0 saturated carbocycles. The second-order valence-corrected chi connectivity index (χ2v) is 3.56. The molecule has 0 aromatic rings. The molecule has 0 rings (SSSR count). The van der Waals surface area contributed by atoms with Crippen molar-refractivity contribution < 1.29 is 4.79 Å². The Morgan fingerprint density at radius 3 is 2.30 bits per heavy atom. The number of aldehydes is 1. The molecular weight excluding hydrogens is 194 g/mol. The number of rotatable bonds is 4. The van der Waals surface area contributed by atoms with Crippen molar-refractivity contribution >= 4 is 41.1 Å². The lowest BCUT2D eigenvalue weighted by atomic mass is 10.3. The van der Waals surface area contributed by atoms with Crippen LogP contribution in [0.15, 0.2) is 12.2 Å². The van der Waals surface area contributed by atoms with E-state index in [4.69, 9.17) is 34.8 Å². The normalized spacial score (nSPS) is 12.3. The monoisotopic (exact) mass is 200 g/mol. The average Bonchev–Trinajstić information content (AvgIpc) is 1.89. The van der Waals surface area contributed by atoms with Gasteiger partial charge in [-0.2, -0.15) is 0 Å². The molecule has 0 aliphatic carbocycles. The Bertz CT molecular complexity index is 131. The maximum Gasteiger partial charge on any atom is 0.176 e. The number of hydrogen-bond acceptors (Lipinski definition) is 1. The standard InChI is InChI=1S/C6H7Cl3O/c7-4-2-1-3-6(8,9)5-10/h1-2,5H,3-4H2/b2-1+. The Morgan fingerprint density at radius 2 is 1.90 bits per heavy atom. The van der Waals surface area contributed by atoms with E-state index in [1.807, 2.05) is 0 Å². The third kappa shape index (κ3) is 5.10. The van der Waals surface area contributed by atoms with E-state index in [9.17, 15) is 4.79 Å². The lowest BCUT2D eigenvalue weighted by Gasteiger charge is -2.06. The van der Waals surface area contributed by atoms with Gasteiger partial charge in [0.15, 0.2) is 10.6 Å². The molecule has 0 unspecified atom stereocenters. The van der Waals surface area contributed by atoms with Gasteiger partial charge in [-0.1, -0.05) is 35.4 Å². The Kier molecular flexibility index (Phi) is 5.14. The van der Waals surface area contributed by atoms with Gasteiger partial charge in [-0.05, 0) is 0 Å². The van der Waals surface area contributed by atoms with Crippen LogP contribution in [-0.4, -0.2) is 16.5 Å². The van der Waals surface area contributed by atoms with Gasteiger partial charge in [-0.3, -0.25) is 4.79 Å². The molecule has 0 aliphatic heterocycles. The molecule has 0 amide bonds. The first-order chi connectivity index (χ1) is 4.62. The molecule has 1 nitrogen and oxygen atoms in total. The Balaban J connectivity index is 3.66. The summed E-state index contributed by atoms with van der Waals surface area (Å²) in [4.78, 5) is 10.1. The summed E-state index contributed by atoms with van der Waals surface area (Å²) in [6.45, 7) is 0. The minimum atomic E-state index is -1.29. The van der Waals surface area contributed by atoms with Gasteiger partial charge < -0.3 is 0 Å². The summed E-state index contributed by atoms with van der Waals surface area (Å²) in [7, 11) is 0. The molecule has 58 valence electrons. The van der Waals surface area contributed by atoms with E-state index >= 15 is 0 Å². The highest BCUT2D eigenvalue weighted by Gasteiger charge is 2.19. The van der Waals surface area contributed by atoms with Crippen LogP contribution in [0.2, 0.25) is 0 Å². The first-order valence-corrected chi connectivity index (χ1v) is 3.96. The molecule has 0 spiro atoms. The van der Waals surface area contributed by atoms with Crippen molar-refractivity contribution in [3.05, 3.63) is 12.2 Å². The fourth-order valence-electron chi connectivity index (χ4n) is 0.352. The highest BCUT2D eigenvalue weighted by Crippen LogP contribution is 2.22. The van der Waals surface area contributed by atoms with E-state index in [1.54, 1.807) is 12.2 Å². The smallest absolute Gasteiger partial charge is 0.176 e. The van der Waals surface area contributed by atoms with Gasteiger partial charge in [0, 0.05) is 12.3 Å². The van der Waals surface area contributed by atoms with E-state index in [0.717, 1.165) is 0 Å². The second-order valence-electron chi connectivity index (χ2n) is 1.71. The van der Waals surface area contributed by atoms with Crippen molar-refractivity contribution in [1.82, 2.24) is 0 Å². The van der Waals surface area contributed by atoms with Crippen molar-refractivity contribution in [3.8, 4) is 0 Å². The quantitative estimate of drug-likeness (QED) is 0.388. The van der Waals surface area contributed by atoms with Crippen molar-refractivity contribution in [1.29, 1.82) is 0 Å². The zero-order valence-electron chi connectivity index (χ0n) is 5.19. The first kappa shape index (κ1) is 10.3. The summed E-state index contributed by atoms with van der Waals surface area (Å²) in [5.74, 6) is 0.405. The summed E-state index contributed by atoms with van der Waals surface area (Å²) in [6.07, 6.45) is 4.15. The third-order valence-corrected chi connectivity index (χ3v) is 1.48. The van der Waals surface area contributed by atoms with Gasteiger partial charge in [0.05, 0.1) is 0 Å². The average molecular weight is 201 g/mol. The molecule has 0 bridgehead atoms. The van der Waals surface area contributed by atoms with Gasteiger partial charge in [0.2, 0.25) is 0 Å². The zero-order chi connectivity index (χ0) is 8.04. The van der Waals surface area contributed by atoms with Crippen molar-refractivity contribution in [2.75, 3.05) is 5.88 Å². The van der Waals surface area contributed by atoms with Crippen LogP contribution in [0.25, 0.3) is 0 Å². The van der Waals surface area contributed by atoms with Crippen molar-refractivity contribution in [2.24, 2.45) is 0 Å². The molecule has 0 N–H and O–H groups in total. The van der Waals surface area contributed by atoms with Gasteiger partial charge in [-0.25, -0.2) is 0 Å². The summed E-state index contributed by atoms with van der Waals surface area (Å²) in [6, 6.07) is 0. The van der Waals surface area contributed by atoms with Gasteiger partial charge in [0.1, 0.15) is 0 Å². The summed E-state index contributed by atoms with van der Waals surface area (Å²) >= 11 is 16.2. The molecule has 0 atom stereocenters. The first-order valence-electron chi connectivity index (χ1n) is 2.67. The fourth-order valence-corrected chi connectivity index (χ4v) is 0.656. The van der Waals surface area contributed by atoms with E-state index in [0.29, 0.717) is 18.6 Å². The molecule has 0 fully saturated rings. The van der Waals surface area contributed by atoms with Gasteiger partial charge >= 0.3 is 0 Å². The molecule has 0 saturated heterocycles. The number of carbonyl (C=O) groups excluding carboxylic acids is 1. The van der Waals surface area contributed by atoms with Crippen LogP contribution in [0.5, 0.6) is 0 Å². The van der Waals surface area contributed by atoms with Gasteiger partial charge in [-0.15, -0.1) is 11.6 Å². The maximum absolute atomic E-state index is 10.1. The summed E-state index contributed by atoms with van der Waals surface area (Å²) in [5.41, 5.74) is 0. The van der Waals surface area contributed by atoms with E-state index in [1.165, 1.54) is 0 Å². The van der Waals surface area contributed by atoms with E-state index in [-0.39, 0.29) is 0 Å². The van der Waals surface area contributed by atoms with Crippen LogP contribution < -0.4 is 0 Å². The lowest BCUT2D eigenvalue weighted by Crippen LogP contribution is -2.12. The summed E-state index contributed by atoms with van der Waals surface area (Å²) < 4.78 is -1.29. The van der Waals surface area contributed by atoms with Gasteiger partial charge in [0.25, 0.3) is 0 Å². The predicted octanol–water partition coefficient (Wildman–Crippen LogP) is 2.54. The molecule has 0 heterocycles. The molecule has 0 aromatic heterocycles. The Morgan fingerprint density at radius 1 is 1.30 bits per heavy atom. The predicted molar refractivity (Wildman–Crippen MR) is 45.0 cm³/mol. The summed E-state index contributed by atoms with van der Waals surface area (Å²) in [5, 5.41) is 0. The van der Waals surface area contributed by atoms with Crippen LogP contribution in [0.1, 0.15) is 6.42 Å². The van der Waals surface area contributed by atoms with Crippen molar-refractivity contribution in [3.63, 3.8) is 0 Å². The third-order valence-electron chi connectivity index (χ3n) is 0.818. The topological polar surface area (TPSA) is 17.1 Å². The number of alkyl halides is 3. The number of carbonyl (C=O) groups is 1. The highest BCUT2D eigenvalue weighted by molar-refractivity contribution is 6.55. The van der Waals surface area contributed by atoms with E-state index < -0.39 is 4.33 Å². The molecule has 0 aromatic carbocycles. The van der Waals surface area contributed by atoms with Crippen LogP contribution in [0, 0.1) is 0 Å². The zero-order valence-corrected chi connectivity index (χ0v) is 7.46. The fraction of sp³-hybridized carbons (Fsp3) is 0.500. The molecule has 10 heavy (non-hydrogen) atoms. The molecular formula is C6H7Cl3O. The van der Waals surface area contributed by atoms with Crippen LogP contribution >= 0.6 is 34.8 Å². The van der Waals surface area contributed by atoms with Crippen LogP contribution in [0.3, 0.4) is 0 Å². The SMILES string of the molecule is O=CC(Cl)(Cl)C/C=C/CCl. The number of allylic oxidation sites excluding steroid dienone is 2. The maximum atomic E-state index is 10.1. The minimum absolute atomic E-state index is 0.298. The Hall–Kier alpha value is 0.280. The highest BCUT2D eigenvalue weighted by atomic mass is 35.5. The number of hydrogen-bond donors (Lipinski definition) is 0. The minimum Gasteiger partial charge on any atom is -0.300 e. The van der Waals surface area contributed by atoms with Crippen molar-refractivity contribution in [2.45, 2.75) is 10.8 Å². The van der Waals surface area contributed by atoms with Crippen LogP contribution in [-0.2, 0) is 4.79 Å². The van der Waals surface area contributed by atoms with Crippen LogP contribution in [0.4, 0.5) is 0 Å². The number of halogens is 3. The largest absolute Gasteiger partial charge is 0.300 e. The van der Waals surface area contributed by atoms with E-state index in [2.05, 4.69) is 0 Å². The molecule has 4 heteroatoms. The lowest BCUT2D eigenvalue weighted by molar-refractivity contribution is -0.108. The molecule has 0 aliphatic rings. The second kappa shape index (κ2) is 5.00. The molecule has 0 radical (unpaired) electrons.